The van der Waals surface area contributed by atoms with Crippen LogP contribution >= 0.6 is 0 Å². The minimum Gasteiger partial charge on any atom is -0.310 e. The molecule has 0 atom stereocenters. The Morgan fingerprint density at radius 1 is 0.347 bits per heavy atom. The van der Waals surface area contributed by atoms with Crippen LogP contribution in [0.1, 0.15) is 49.9 Å². The molecule has 2 aliphatic carbocycles. The Hall–Kier alpha value is -5.66. The van der Waals surface area contributed by atoms with Gasteiger partial charge in [0.15, 0.2) is 0 Å². The van der Waals surface area contributed by atoms with Gasteiger partial charge in [0.05, 0.1) is 5.69 Å². The molecule has 236 valence electrons. The standard InChI is InChI=1S/C48H39N/c1-47(2)43-30-35(33-16-9-6-10-17-33)24-28-39(43)40-29-27-37(31-44(40)47)49(36-25-22-34(23-26-36)32-14-7-5-8-15-32)45-21-13-19-41-38-18-11-12-20-42(38)48(3,4)46(41)45/h5-31H,1-4H3. The Morgan fingerprint density at radius 3 is 1.57 bits per heavy atom. The molecule has 0 radical (unpaired) electrons. The van der Waals surface area contributed by atoms with Crippen LogP contribution in [0.2, 0.25) is 0 Å². The van der Waals surface area contributed by atoms with Gasteiger partial charge in [-0.25, -0.2) is 0 Å². The van der Waals surface area contributed by atoms with E-state index in [1.807, 2.05) is 0 Å². The Morgan fingerprint density at radius 2 is 0.857 bits per heavy atom. The van der Waals surface area contributed by atoms with Gasteiger partial charge in [0.25, 0.3) is 0 Å². The Balaban J connectivity index is 1.22. The van der Waals surface area contributed by atoms with Crippen molar-refractivity contribution in [3.8, 4) is 44.5 Å². The summed E-state index contributed by atoms with van der Waals surface area (Å²) in [6, 6.07) is 60.4. The van der Waals surface area contributed by atoms with Gasteiger partial charge in [-0.05, 0) is 103 Å². The summed E-state index contributed by atoms with van der Waals surface area (Å²) >= 11 is 0. The third kappa shape index (κ3) is 4.53. The topological polar surface area (TPSA) is 3.24 Å². The predicted octanol–water partition coefficient (Wildman–Crippen LogP) is 13.1. The minimum atomic E-state index is -0.150. The molecule has 0 aromatic heterocycles. The fourth-order valence-electron chi connectivity index (χ4n) is 8.54. The average molecular weight is 630 g/mol. The normalized spacial score (nSPS) is 14.4. The van der Waals surface area contributed by atoms with Crippen LogP contribution in [-0.2, 0) is 10.8 Å². The molecule has 0 aliphatic heterocycles. The number of nitrogens with zero attached hydrogens (tertiary/aromatic N) is 1. The number of benzene rings is 7. The zero-order chi connectivity index (χ0) is 33.3. The highest BCUT2D eigenvalue weighted by molar-refractivity contribution is 5.92. The molecular formula is C48H39N. The minimum absolute atomic E-state index is 0.148. The second kappa shape index (κ2) is 10.9. The maximum Gasteiger partial charge on any atom is 0.0508 e. The highest BCUT2D eigenvalue weighted by Gasteiger charge is 2.40. The third-order valence-electron chi connectivity index (χ3n) is 11.1. The summed E-state index contributed by atoms with van der Waals surface area (Å²) in [5, 5.41) is 0. The lowest BCUT2D eigenvalue weighted by Gasteiger charge is -2.33. The molecule has 0 saturated carbocycles. The SMILES string of the molecule is CC1(C)c2cc(-c3ccccc3)ccc2-c2ccc(N(c3ccc(-c4ccccc4)cc3)c3cccc4c3C(C)(C)c3ccccc3-4)cc21. The lowest BCUT2D eigenvalue weighted by Crippen LogP contribution is -2.21. The van der Waals surface area contributed by atoms with E-state index in [0.29, 0.717) is 0 Å². The number of anilines is 3. The van der Waals surface area contributed by atoms with Gasteiger partial charge in [-0.1, -0.05) is 155 Å². The third-order valence-corrected chi connectivity index (χ3v) is 11.1. The van der Waals surface area contributed by atoms with E-state index >= 15 is 0 Å². The molecule has 0 saturated heterocycles. The van der Waals surface area contributed by atoms with Crippen molar-refractivity contribution < 1.29 is 0 Å². The number of rotatable bonds is 5. The molecule has 0 amide bonds. The first-order chi connectivity index (χ1) is 23.8. The maximum absolute atomic E-state index is 2.50. The van der Waals surface area contributed by atoms with E-state index in [0.717, 1.165) is 5.69 Å². The van der Waals surface area contributed by atoms with Crippen molar-refractivity contribution in [2.24, 2.45) is 0 Å². The van der Waals surface area contributed by atoms with Crippen LogP contribution in [0.3, 0.4) is 0 Å². The molecule has 0 fully saturated rings. The summed E-state index contributed by atoms with van der Waals surface area (Å²) in [7, 11) is 0. The summed E-state index contributed by atoms with van der Waals surface area (Å²) < 4.78 is 0. The number of hydrogen-bond acceptors (Lipinski definition) is 1. The van der Waals surface area contributed by atoms with Crippen molar-refractivity contribution >= 4 is 17.1 Å². The molecule has 2 aliphatic rings. The molecule has 1 nitrogen and oxygen atoms in total. The summed E-state index contributed by atoms with van der Waals surface area (Å²) in [4.78, 5) is 2.50. The summed E-state index contributed by atoms with van der Waals surface area (Å²) in [5.41, 5.74) is 19.1. The van der Waals surface area contributed by atoms with Gasteiger partial charge in [-0.2, -0.15) is 0 Å². The quantitative estimate of drug-likeness (QED) is 0.183. The van der Waals surface area contributed by atoms with E-state index in [2.05, 4.69) is 196 Å². The Kier molecular flexibility index (Phi) is 6.58. The summed E-state index contributed by atoms with van der Waals surface area (Å²) in [6.07, 6.45) is 0. The average Bonchev–Trinajstić information content (AvgIpc) is 3.52. The predicted molar refractivity (Wildman–Crippen MR) is 207 cm³/mol. The Labute approximate surface area is 290 Å². The summed E-state index contributed by atoms with van der Waals surface area (Å²) in [5.74, 6) is 0. The molecule has 9 rings (SSSR count). The fraction of sp³-hybridized carbons (Fsp3) is 0.125. The lowest BCUT2D eigenvalue weighted by molar-refractivity contribution is 0.659. The van der Waals surface area contributed by atoms with Crippen LogP contribution in [0, 0.1) is 0 Å². The molecular weight excluding hydrogens is 591 g/mol. The smallest absolute Gasteiger partial charge is 0.0508 e. The Bertz CT molecular complexity index is 2360. The van der Waals surface area contributed by atoms with Gasteiger partial charge in [0.1, 0.15) is 0 Å². The van der Waals surface area contributed by atoms with Gasteiger partial charge in [0, 0.05) is 22.2 Å². The molecule has 7 aromatic rings. The van der Waals surface area contributed by atoms with Crippen molar-refractivity contribution in [1.82, 2.24) is 0 Å². The van der Waals surface area contributed by atoms with Gasteiger partial charge in [0.2, 0.25) is 0 Å². The highest BCUT2D eigenvalue weighted by atomic mass is 15.1. The first kappa shape index (κ1) is 29.5. The van der Waals surface area contributed by atoms with Crippen LogP contribution in [-0.4, -0.2) is 0 Å². The fourth-order valence-corrected chi connectivity index (χ4v) is 8.54. The van der Waals surface area contributed by atoms with E-state index in [1.54, 1.807) is 0 Å². The maximum atomic E-state index is 2.50. The van der Waals surface area contributed by atoms with Crippen LogP contribution in [0.25, 0.3) is 44.5 Å². The molecule has 0 N–H and O–H groups in total. The van der Waals surface area contributed by atoms with Crippen LogP contribution in [0.4, 0.5) is 17.1 Å². The molecule has 0 heterocycles. The molecule has 0 spiro atoms. The number of fused-ring (bicyclic) bond motifs is 6. The number of hydrogen-bond donors (Lipinski definition) is 0. The van der Waals surface area contributed by atoms with Gasteiger partial charge >= 0.3 is 0 Å². The van der Waals surface area contributed by atoms with Crippen molar-refractivity contribution in [2.75, 3.05) is 4.90 Å². The largest absolute Gasteiger partial charge is 0.310 e. The molecule has 49 heavy (non-hydrogen) atoms. The van der Waals surface area contributed by atoms with Gasteiger partial charge in [-0.3, -0.25) is 0 Å². The van der Waals surface area contributed by atoms with E-state index in [4.69, 9.17) is 0 Å². The van der Waals surface area contributed by atoms with E-state index < -0.39 is 0 Å². The monoisotopic (exact) mass is 629 g/mol. The zero-order valence-electron chi connectivity index (χ0n) is 28.5. The van der Waals surface area contributed by atoms with Crippen molar-refractivity contribution in [3.63, 3.8) is 0 Å². The summed E-state index contributed by atoms with van der Waals surface area (Å²) in [6.45, 7) is 9.53. The first-order valence-corrected chi connectivity index (χ1v) is 17.4. The van der Waals surface area contributed by atoms with E-state index in [1.165, 1.54) is 78.1 Å². The van der Waals surface area contributed by atoms with Crippen molar-refractivity contribution in [2.45, 2.75) is 38.5 Å². The van der Waals surface area contributed by atoms with Crippen molar-refractivity contribution in [3.05, 3.63) is 186 Å². The van der Waals surface area contributed by atoms with Crippen molar-refractivity contribution in [1.29, 1.82) is 0 Å². The van der Waals surface area contributed by atoms with Crippen LogP contribution in [0.15, 0.2) is 164 Å². The second-order valence-electron chi connectivity index (χ2n) is 14.6. The zero-order valence-corrected chi connectivity index (χ0v) is 28.5. The molecule has 0 bridgehead atoms. The van der Waals surface area contributed by atoms with E-state index in [9.17, 15) is 0 Å². The lowest BCUT2D eigenvalue weighted by atomic mass is 9.80. The molecule has 1 heteroatoms. The van der Waals surface area contributed by atoms with Gasteiger partial charge in [-0.15, -0.1) is 0 Å². The second-order valence-corrected chi connectivity index (χ2v) is 14.6. The first-order valence-electron chi connectivity index (χ1n) is 17.4. The highest BCUT2D eigenvalue weighted by Crippen LogP contribution is 2.56. The molecule has 0 unspecified atom stereocenters. The van der Waals surface area contributed by atoms with Gasteiger partial charge < -0.3 is 4.90 Å². The van der Waals surface area contributed by atoms with E-state index in [-0.39, 0.29) is 10.8 Å². The van der Waals surface area contributed by atoms with Crippen LogP contribution < -0.4 is 4.90 Å². The molecule has 7 aromatic carbocycles. The van der Waals surface area contributed by atoms with Crippen LogP contribution in [0.5, 0.6) is 0 Å².